The first kappa shape index (κ1) is 22.7. The van der Waals surface area contributed by atoms with Gasteiger partial charge in [-0.2, -0.15) is 0 Å². The lowest BCUT2D eigenvalue weighted by Gasteiger charge is -2.13. The molecule has 0 radical (unpaired) electrons. The van der Waals surface area contributed by atoms with Gasteiger partial charge in [0.05, 0.1) is 23.8 Å². The van der Waals surface area contributed by atoms with Crippen LogP contribution in [0.15, 0.2) is 47.4 Å². The Hall–Kier alpha value is -2.97. The summed E-state index contributed by atoms with van der Waals surface area (Å²) in [6.45, 7) is 3.94. The van der Waals surface area contributed by atoms with Gasteiger partial charge in [-0.25, -0.2) is 9.69 Å². The molecule has 1 fully saturated rings. The van der Waals surface area contributed by atoms with E-state index in [1.807, 2.05) is 6.92 Å². The highest BCUT2D eigenvalue weighted by molar-refractivity contribution is 8.19. The molecule has 9 heteroatoms. The van der Waals surface area contributed by atoms with Crippen molar-refractivity contribution in [1.29, 1.82) is 0 Å². The maximum absolute atomic E-state index is 12.8. The van der Waals surface area contributed by atoms with E-state index < -0.39 is 17.1 Å². The highest BCUT2D eigenvalue weighted by atomic mass is 35.5. The van der Waals surface area contributed by atoms with Crippen LogP contribution in [0.2, 0.25) is 5.02 Å². The number of anilines is 1. The highest BCUT2D eigenvalue weighted by Gasteiger charge is 2.36. The molecule has 2 aromatic carbocycles. The summed E-state index contributed by atoms with van der Waals surface area (Å²) in [6.07, 6.45) is 1.61. The van der Waals surface area contributed by atoms with Crippen LogP contribution >= 0.6 is 23.4 Å². The molecule has 1 aliphatic rings. The van der Waals surface area contributed by atoms with Crippen molar-refractivity contribution in [2.75, 3.05) is 24.7 Å². The molecule has 3 rings (SSSR count). The van der Waals surface area contributed by atoms with Crippen LogP contribution < -0.4 is 14.4 Å². The van der Waals surface area contributed by atoms with Gasteiger partial charge in [0.15, 0.2) is 18.1 Å². The van der Waals surface area contributed by atoms with Crippen LogP contribution in [0.4, 0.5) is 10.5 Å². The fourth-order valence-electron chi connectivity index (χ4n) is 2.77. The number of rotatable bonds is 8. The lowest BCUT2D eigenvalue weighted by molar-refractivity contribution is -0.145. The Labute approximate surface area is 188 Å². The number of hydrogen-bond acceptors (Lipinski definition) is 7. The molecule has 1 saturated heterocycles. The molecule has 0 saturated carbocycles. The Morgan fingerprint density at radius 3 is 2.45 bits per heavy atom. The zero-order valence-electron chi connectivity index (χ0n) is 16.9. The first-order chi connectivity index (χ1) is 14.9. The van der Waals surface area contributed by atoms with Crippen molar-refractivity contribution in [2.45, 2.75) is 13.8 Å². The minimum absolute atomic E-state index is 0.243. The topological polar surface area (TPSA) is 82.1 Å². The van der Waals surface area contributed by atoms with Crippen molar-refractivity contribution in [3.63, 3.8) is 0 Å². The van der Waals surface area contributed by atoms with Crippen LogP contribution in [0.1, 0.15) is 19.4 Å². The summed E-state index contributed by atoms with van der Waals surface area (Å²) < 4.78 is 15.9. The average molecular weight is 462 g/mol. The fraction of sp³-hybridized carbons (Fsp3) is 0.227. The van der Waals surface area contributed by atoms with E-state index in [9.17, 15) is 14.4 Å². The maximum atomic E-state index is 12.8. The molecule has 0 spiro atoms. The summed E-state index contributed by atoms with van der Waals surface area (Å²) in [7, 11) is 0. The summed E-state index contributed by atoms with van der Waals surface area (Å²) in [4.78, 5) is 38.1. The van der Waals surface area contributed by atoms with Gasteiger partial charge >= 0.3 is 5.97 Å². The lowest BCUT2D eigenvalue weighted by atomic mass is 10.1. The molecular weight excluding hydrogens is 442 g/mol. The van der Waals surface area contributed by atoms with Crippen LogP contribution in [-0.2, 0) is 14.3 Å². The van der Waals surface area contributed by atoms with Crippen LogP contribution in [-0.4, -0.2) is 36.9 Å². The molecule has 7 nitrogen and oxygen atoms in total. The number of halogens is 1. The molecule has 2 amide bonds. The summed E-state index contributed by atoms with van der Waals surface area (Å²) in [6, 6.07) is 11.5. The van der Waals surface area contributed by atoms with Gasteiger partial charge in [-0.3, -0.25) is 9.59 Å². The van der Waals surface area contributed by atoms with Gasteiger partial charge < -0.3 is 14.2 Å². The van der Waals surface area contributed by atoms with Gasteiger partial charge in [0.1, 0.15) is 0 Å². The van der Waals surface area contributed by atoms with Gasteiger partial charge in [-0.15, -0.1) is 0 Å². The molecule has 0 N–H and O–H groups in total. The molecule has 0 aromatic heterocycles. The van der Waals surface area contributed by atoms with Gasteiger partial charge in [0, 0.05) is 5.02 Å². The number of carbonyl (C=O) groups excluding carboxylic acids is 3. The summed E-state index contributed by atoms with van der Waals surface area (Å²) in [5.41, 5.74) is 1.10. The van der Waals surface area contributed by atoms with Crippen molar-refractivity contribution < 1.29 is 28.6 Å². The van der Waals surface area contributed by atoms with Crippen molar-refractivity contribution in [2.24, 2.45) is 0 Å². The second kappa shape index (κ2) is 10.4. The number of imide groups is 1. The van der Waals surface area contributed by atoms with Gasteiger partial charge in [-0.1, -0.05) is 17.7 Å². The summed E-state index contributed by atoms with van der Waals surface area (Å²) in [5, 5.41) is 0.123. The number of carbonyl (C=O) groups is 3. The third kappa shape index (κ3) is 5.59. The van der Waals surface area contributed by atoms with E-state index in [4.69, 9.17) is 25.8 Å². The first-order valence-corrected chi connectivity index (χ1v) is 10.7. The summed E-state index contributed by atoms with van der Waals surface area (Å²) in [5.74, 6) is -0.110. The van der Waals surface area contributed by atoms with Crippen molar-refractivity contribution in [3.05, 3.63) is 58.0 Å². The van der Waals surface area contributed by atoms with Crippen LogP contribution in [0, 0.1) is 0 Å². The number of hydrogen-bond donors (Lipinski definition) is 0. The number of benzene rings is 2. The van der Waals surface area contributed by atoms with E-state index in [2.05, 4.69) is 0 Å². The Kier molecular flexibility index (Phi) is 7.59. The number of thioether (sulfide) groups is 1. The van der Waals surface area contributed by atoms with E-state index in [1.165, 1.54) is 0 Å². The standard InChI is InChI=1S/C22H20ClNO6S/c1-3-28-18-11-14(5-10-17(18)30-13-20(25)29-4-2)12-19-21(26)24(22(27)31-19)16-8-6-15(23)7-9-16/h5-12H,3-4,13H2,1-2H3/b19-12+. The second-order valence-electron chi connectivity index (χ2n) is 6.23. The molecule has 0 atom stereocenters. The normalized spacial score (nSPS) is 14.8. The lowest BCUT2D eigenvalue weighted by Crippen LogP contribution is -2.27. The minimum atomic E-state index is -0.482. The maximum Gasteiger partial charge on any atom is 0.344 e. The molecular formula is C22H20ClNO6S. The molecule has 31 heavy (non-hydrogen) atoms. The van der Waals surface area contributed by atoms with Crippen LogP contribution in [0.25, 0.3) is 6.08 Å². The van der Waals surface area contributed by atoms with Crippen molar-refractivity contribution >= 4 is 52.2 Å². The van der Waals surface area contributed by atoms with Crippen LogP contribution in [0.3, 0.4) is 0 Å². The summed E-state index contributed by atoms with van der Waals surface area (Å²) >= 11 is 6.73. The minimum Gasteiger partial charge on any atom is -0.490 e. The largest absolute Gasteiger partial charge is 0.490 e. The second-order valence-corrected chi connectivity index (χ2v) is 7.66. The van der Waals surface area contributed by atoms with Crippen LogP contribution in [0.5, 0.6) is 11.5 Å². The zero-order chi connectivity index (χ0) is 22.4. The number of nitrogens with zero attached hydrogens (tertiary/aromatic N) is 1. The van der Waals surface area contributed by atoms with Crippen molar-refractivity contribution in [3.8, 4) is 11.5 Å². The third-order valence-corrected chi connectivity index (χ3v) is 5.22. The highest BCUT2D eigenvalue weighted by Crippen LogP contribution is 2.37. The molecule has 1 aliphatic heterocycles. The predicted molar refractivity (Wildman–Crippen MR) is 120 cm³/mol. The monoisotopic (exact) mass is 461 g/mol. The van der Waals surface area contributed by atoms with E-state index in [0.29, 0.717) is 34.4 Å². The Morgan fingerprint density at radius 2 is 1.77 bits per heavy atom. The van der Waals surface area contributed by atoms with Gasteiger partial charge in [-0.05, 0) is 73.6 Å². The molecule has 0 bridgehead atoms. The molecule has 162 valence electrons. The van der Waals surface area contributed by atoms with E-state index in [1.54, 1.807) is 55.5 Å². The Balaban J connectivity index is 1.81. The van der Waals surface area contributed by atoms with Crippen molar-refractivity contribution in [1.82, 2.24) is 0 Å². The van der Waals surface area contributed by atoms with Gasteiger partial charge in [0.25, 0.3) is 11.1 Å². The van der Waals surface area contributed by atoms with Gasteiger partial charge in [0.2, 0.25) is 0 Å². The quantitative estimate of drug-likeness (QED) is 0.407. The first-order valence-electron chi connectivity index (χ1n) is 9.51. The Bertz CT molecular complexity index is 1020. The molecule has 0 aliphatic carbocycles. The predicted octanol–water partition coefficient (Wildman–Crippen LogP) is 4.92. The van der Waals surface area contributed by atoms with E-state index in [0.717, 1.165) is 16.7 Å². The smallest absolute Gasteiger partial charge is 0.344 e. The molecule has 2 aromatic rings. The van der Waals surface area contributed by atoms with E-state index in [-0.39, 0.29) is 18.1 Å². The number of ether oxygens (including phenoxy) is 3. The Morgan fingerprint density at radius 1 is 1.03 bits per heavy atom. The van der Waals surface area contributed by atoms with E-state index >= 15 is 0 Å². The molecule has 1 heterocycles. The number of amides is 2. The third-order valence-electron chi connectivity index (χ3n) is 4.09. The SMILES string of the molecule is CCOC(=O)COc1ccc(/C=C2/SC(=O)N(c3ccc(Cl)cc3)C2=O)cc1OCC. The number of esters is 1. The fourth-order valence-corrected chi connectivity index (χ4v) is 3.74. The average Bonchev–Trinajstić information content (AvgIpc) is 3.01. The zero-order valence-corrected chi connectivity index (χ0v) is 18.5. The molecule has 0 unspecified atom stereocenters.